The zero-order valence-corrected chi connectivity index (χ0v) is 12.6. The van der Waals surface area contributed by atoms with Gasteiger partial charge in [-0.15, -0.1) is 0 Å². The number of aliphatic hydroxyl groups excluding tert-OH is 1. The summed E-state index contributed by atoms with van der Waals surface area (Å²) in [5.41, 5.74) is 2.58. The third-order valence-electron chi connectivity index (χ3n) is 2.76. The van der Waals surface area contributed by atoms with Crippen LogP contribution in [-0.4, -0.2) is 22.6 Å². The average Bonchev–Trinajstić information content (AvgIpc) is 2.79. The molecule has 6 heteroatoms. The van der Waals surface area contributed by atoms with Crippen molar-refractivity contribution in [1.29, 1.82) is 0 Å². The number of carbonyl (C=O) groups is 1. The number of anilines is 1. The molecule has 0 saturated heterocycles. The SMILES string of the molecule is Cc1cc(C#CCO)ccc1NC(=O)c1cc(Cl)c(Cl)[nH]1. The lowest BCUT2D eigenvalue weighted by molar-refractivity contribution is 0.102. The number of halogens is 2. The quantitative estimate of drug-likeness (QED) is 0.743. The summed E-state index contributed by atoms with van der Waals surface area (Å²) in [6, 6.07) is 6.81. The molecule has 3 N–H and O–H groups in total. The van der Waals surface area contributed by atoms with E-state index in [4.69, 9.17) is 28.3 Å². The Hall–Kier alpha value is -1.93. The number of rotatable bonds is 2. The molecule has 0 unspecified atom stereocenters. The van der Waals surface area contributed by atoms with Crippen molar-refractivity contribution in [2.75, 3.05) is 11.9 Å². The van der Waals surface area contributed by atoms with Crippen molar-refractivity contribution in [3.8, 4) is 11.8 Å². The van der Waals surface area contributed by atoms with Gasteiger partial charge < -0.3 is 15.4 Å². The zero-order chi connectivity index (χ0) is 15.4. The van der Waals surface area contributed by atoms with Crippen LogP contribution >= 0.6 is 23.2 Å². The Bertz CT molecular complexity index is 722. The number of nitrogens with one attached hydrogen (secondary N) is 2. The highest BCUT2D eigenvalue weighted by Crippen LogP contribution is 2.23. The third-order valence-corrected chi connectivity index (χ3v) is 3.45. The predicted octanol–water partition coefficient (Wildman–Crippen LogP) is 3.23. The summed E-state index contributed by atoms with van der Waals surface area (Å²) in [5.74, 6) is 5.04. The van der Waals surface area contributed by atoms with Crippen LogP contribution in [0.2, 0.25) is 10.2 Å². The number of hydrogen-bond donors (Lipinski definition) is 3. The molecule has 0 saturated carbocycles. The summed E-state index contributed by atoms with van der Waals surface area (Å²) in [6.45, 7) is 1.67. The molecule has 0 aliphatic rings. The normalized spacial score (nSPS) is 9.90. The summed E-state index contributed by atoms with van der Waals surface area (Å²) in [5, 5.41) is 12.0. The van der Waals surface area contributed by atoms with Gasteiger partial charge in [0.25, 0.3) is 5.91 Å². The molecule has 21 heavy (non-hydrogen) atoms. The molecule has 0 radical (unpaired) electrons. The molecule has 1 aromatic heterocycles. The second-order valence-corrected chi connectivity index (χ2v) is 5.07. The van der Waals surface area contributed by atoms with Gasteiger partial charge in [0.2, 0.25) is 0 Å². The van der Waals surface area contributed by atoms with E-state index in [-0.39, 0.29) is 23.4 Å². The third kappa shape index (κ3) is 3.79. The van der Waals surface area contributed by atoms with E-state index in [1.165, 1.54) is 6.07 Å². The van der Waals surface area contributed by atoms with E-state index >= 15 is 0 Å². The minimum atomic E-state index is -0.332. The highest BCUT2D eigenvalue weighted by atomic mass is 35.5. The van der Waals surface area contributed by atoms with Crippen molar-refractivity contribution in [1.82, 2.24) is 4.98 Å². The molecular formula is C15H12Cl2N2O2. The number of hydrogen-bond acceptors (Lipinski definition) is 2. The molecule has 0 spiro atoms. The number of amides is 1. The van der Waals surface area contributed by atoms with Crippen LogP contribution in [0.1, 0.15) is 21.6 Å². The van der Waals surface area contributed by atoms with Crippen LogP contribution in [0.4, 0.5) is 5.69 Å². The van der Waals surface area contributed by atoms with Gasteiger partial charge in [-0.1, -0.05) is 35.0 Å². The molecule has 2 rings (SSSR count). The Labute approximate surface area is 132 Å². The summed E-state index contributed by atoms with van der Waals surface area (Å²) < 4.78 is 0. The second kappa shape index (κ2) is 6.68. The molecule has 1 amide bonds. The second-order valence-electron chi connectivity index (χ2n) is 4.29. The van der Waals surface area contributed by atoms with E-state index < -0.39 is 0 Å². The minimum Gasteiger partial charge on any atom is -0.384 e. The van der Waals surface area contributed by atoms with Crippen LogP contribution in [0, 0.1) is 18.8 Å². The van der Waals surface area contributed by atoms with E-state index in [0.29, 0.717) is 10.7 Å². The Kier molecular flexibility index (Phi) is 4.92. The first kappa shape index (κ1) is 15.5. The van der Waals surface area contributed by atoms with Crippen LogP contribution < -0.4 is 5.32 Å². The number of aromatic amines is 1. The van der Waals surface area contributed by atoms with E-state index in [1.54, 1.807) is 12.1 Å². The first-order valence-electron chi connectivity index (χ1n) is 6.07. The average molecular weight is 323 g/mol. The van der Waals surface area contributed by atoms with Gasteiger partial charge in [-0.3, -0.25) is 4.79 Å². The lowest BCUT2D eigenvalue weighted by Crippen LogP contribution is -2.13. The number of aromatic nitrogens is 1. The van der Waals surface area contributed by atoms with Crippen molar-refractivity contribution < 1.29 is 9.90 Å². The van der Waals surface area contributed by atoms with Crippen LogP contribution in [0.15, 0.2) is 24.3 Å². The van der Waals surface area contributed by atoms with Crippen molar-refractivity contribution in [2.45, 2.75) is 6.92 Å². The lowest BCUT2D eigenvalue weighted by Gasteiger charge is -2.07. The maximum absolute atomic E-state index is 12.1. The molecular weight excluding hydrogens is 311 g/mol. The van der Waals surface area contributed by atoms with Crippen molar-refractivity contribution >= 4 is 34.8 Å². The summed E-state index contributed by atoms with van der Waals surface area (Å²) >= 11 is 11.6. The van der Waals surface area contributed by atoms with Gasteiger partial charge in [0.05, 0.1) is 5.02 Å². The fraction of sp³-hybridized carbons (Fsp3) is 0.133. The number of aryl methyl sites for hydroxylation is 1. The predicted molar refractivity (Wildman–Crippen MR) is 83.9 cm³/mol. The van der Waals surface area contributed by atoms with Crippen molar-refractivity contribution in [3.05, 3.63) is 51.3 Å². The fourth-order valence-corrected chi connectivity index (χ4v) is 2.05. The Morgan fingerprint density at radius 1 is 1.38 bits per heavy atom. The summed E-state index contributed by atoms with van der Waals surface area (Å²) in [4.78, 5) is 14.8. The molecule has 1 aromatic carbocycles. The highest BCUT2D eigenvalue weighted by Gasteiger charge is 2.12. The number of aliphatic hydroxyl groups is 1. The van der Waals surface area contributed by atoms with Gasteiger partial charge in [0, 0.05) is 11.3 Å². The molecule has 0 aliphatic carbocycles. The first-order chi connectivity index (χ1) is 10.0. The van der Waals surface area contributed by atoms with Gasteiger partial charge >= 0.3 is 0 Å². The molecule has 0 atom stereocenters. The Balaban J connectivity index is 2.18. The number of carbonyl (C=O) groups excluding carboxylic acids is 1. The Morgan fingerprint density at radius 3 is 2.71 bits per heavy atom. The topological polar surface area (TPSA) is 65.1 Å². The highest BCUT2D eigenvalue weighted by molar-refractivity contribution is 6.41. The van der Waals surface area contributed by atoms with E-state index in [2.05, 4.69) is 22.1 Å². The molecule has 1 heterocycles. The maximum Gasteiger partial charge on any atom is 0.272 e. The minimum absolute atomic E-state index is 0.189. The standard InChI is InChI=1S/C15H12Cl2N2O2/c1-9-7-10(3-2-6-20)4-5-12(9)19-15(21)13-8-11(16)14(17)18-13/h4-5,7-8,18,20H,6H2,1H3,(H,19,21). The largest absolute Gasteiger partial charge is 0.384 e. The van der Waals surface area contributed by atoms with Gasteiger partial charge in [-0.2, -0.15) is 0 Å². The lowest BCUT2D eigenvalue weighted by atomic mass is 10.1. The van der Waals surface area contributed by atoms with Crippen LogP contribution in [0.25, 0.3) is 0 Å². The molecule has 0 fully saturated rings. The molecule has 108 valence electrons. The van der Waals surface area contributed by atoms with Crippen LogP contribution in [0.3, 0.4) is 0 Å². The first-order valence-corrected chi connectivity index (χ1v) is 6.82. The van der Waals surface area contributed by atoms with Gasteiger partial charge in [-0.25, -0.2) is 0 Å². The zero-order valence-electron chi connectivity index (χ0n) is 11.1. The molecule has 0 bridgehead atoms. The van der Waals surface area contributed by atoms with Gasteiger partial charge in [0.15, 0.2) is 0 Å². The molecule has 4 nitrogen and oxygen atoms in total. The molecule has 0 aliphatic heterocycles. The number of benzene rings is 1. The van der Waals surface area contributed by atoms with Crippen LogP contribution in [0.5, 0.6) is 0 Å². The van der Waals surface area contributed by atoms with Gasteiger partial charge in [-0.05, 0) is 36.8 Å². The van der Waals surface area contributed by atoms with E-state index in [9.17, 15) is 4.79 Å². The van der Waals surface area contributed by atoms with Crippen LogP contribution in [-0.2, 0) is 0 Å². The smallest absolute Gasteiger partial charge is 0.272 e. The molecule has 2 aromatic rings. The number of H-pyrrole nitrogens is 1. The monoisotopic (exact) mass is 322 g/mol. The summed E-state index contributed by atoms with van der Waals surface area (Å²) in [6.07, 6.45) is 0. The Morgan fingerprint density at radius 2 is 2.14 bits per heavy atom. The van der Waals surface area contributed by atoms with E-state index in [0.717, 1.165) is 11.1 Å². The van der Waals surface area contributed by atoms with Crippen molar-refractivity contribution in [2.24, 2.45) is 0 Å². The van der Waals surface area contributed by atoms with Crippen molar-refractivity contribution in [3.63, 3.8) is 0 Å². The fourth-order valence-electron chi connectivity index (χ4n) is 1.74. The van der Waals surface area contributed by atoms with E-state index in [1.807, 2.05) is 13.0 Å². The maximum atomic E-state index is 12.1. The summed E-state index contributed by atoms with van der Waals surface area (Å²) in [7, 11) is 0. The van der Waals surface area contributed by atoms with Gasteiger partial charge in [0.1, 0.15) is 17.5 Å².